The molecule has 0 saturated heterocycles. The second kappa shape index (κ2) is 8.02. The second-order valence-electron chi connectivity index (χ2n) is 5.48. The molecule has 0 bridgehead atoms. The van der Waals surface area contributed by atoms with Crippen LogP contribution in [-0.2, 0) is 21.4 Å². The van der Waals surface area contributed by atoms with Crippen LogP contribution in [0.25, 0.3) is 0 Å². The lowest BCUT2D eigenvalue weighted by Gasteiger charge is -2.20. The first kappa shape index (κ1) is 19.5. The van der Waals surface area contributed by atoms with Crippen molar-refractivity contribution < 1.29 is 22.5 Å². The molecule has 0 radical (unpaired) electrons. The van der Waals surface area contributed by atoms with Gasteiger partial charge in [0.05, 0.1) is 17.7 Å². The van der Waals surface area contributed by atoms with Gasteiger partial charge >= 0.3 is 0 Å². The van der Waals surface area contributed by atoms with Crippen molar-refractivity contribution in [2.45, 2.75) is 6.54 Å². The van der Waals surface area contributed by atoms with Gasteiger partial charge in [0, 0.05) is 29.9 Å². The van der Waals surface area contributed by atoms with Crippen LogP contribution in [0.15, 0.2) is 48.5 Å². The molecule has 0 fully saturated rings. The lowest BCUT2D eigenvalue weighted by atomic mass is 10.2. The molecular formula is C16H16FN3O5S. The summed E-state index contributed by atoms with van der Waals surface area (Å²) in [6.07, 6.45) is 0.911. The van der Waals surface area contributed by atoms with E-state index in [-0.39, 0.29) is 23.5 Å². The topological polar surface area (TPSA) is 110 Å². The summed E-state index contributed by atoms with van der Waals surface area (Å²) in [5.41, 5.74) is 0.0683. The molecule has 0 aromatic heterocycles. The number of nitrogens with one attached hydrogen (secondary N) is 1. The zero-order valence-corrected chi connectivity index (χ0v) is 14.6. The fourth-order valence-electron chi connectivity index (χ4n) is 2.16. The fraction of sp³-hybridized carbons (Fsp3) is 0.188. The van der Waals surface area contributed by atoms with Crippen molar-refractivity contribution in [3.05, 3.63) is 70.0 Å². The smallest absolute Gasteiger partial charge is 0.271 e. The predicted octanol–water partition coefficient (Wildman–Crippen LogP) is 2.13. The highest BCUT2D eigenvalue weighted by Gasteiger charge is 2.22. The molecule has 10 heteroatoms. The van der Waals surface area contributed by atoms with Crippen LogP contribution in [0.3, 0.4) is 0 Å². The Morgan fingerprint density at radius 2 is 1.92 bits per heavy atom. The molecule has 2 aromatic carbocycles. The number of nitrogens with zero attached hydrogens (tertiary/aromatic N) is 2. The molecule has 1 N–H and O–H groups in total. The van der Waals surface area contributed by atoms with Crippen LogP contribution in [0.5, 0.6) is 0 Å². The highest BCUT2D eigenvalue weighted by Crippen LogP contribution is 2.17. The summed E-state index contributed by atoms with van der Waals surface area (Å²) in [5, 5.41) is 13.1. The van der Waals surface area contributed by atoms with Gasteiger partial charge in [0.1, 0.15) is 5.82 Å². The van der Waals surface area contributed by atoms with Gasteiger partial charge in [-0.25, -0.2) is 12.8 Å². The molecule has 0 unspecified atom stereocenters. The molecule has 0 saturated carbocycles. The summed E-state index contributed by atoms with van der Waals surface area (Å²) in [7, 11) is -3.79. The van der Waals surface area contributed by atoms with Crippen LogP contribution in [0.4, 0.5) is 15.8 Å². The normalized spacial score (nSPS) is 11.3. The lowest BCUT2D eigenvalue weighted by Crippen LogP contribution is -2.37. The van der Waals surface area contributed by atoms with Gasteiger partial charge in [-0.2, -0.15) is 4.31 Å². The van der Waals surface area contributed by atoms with E-state index in [0.717, 1.165) is 16.6 Å². The molecule has 8 nitrogen and oxygen atoms in total. The van der Waals surface area contributed by atoms with Gasteiger partial charge in [-0.3, -0.25) is 14.9 Å². The predicted molar refractivity (Wildman–Crippen MR) is 93.4 cm³/mol. The first-order valence-corrected chi connectivity index (χ1v) is 9.24. The summed E-state index contributed by atoms with van der Waals surface area (Å²) < 4.78 is 38.4. The maximum Gasteiger partial charge on any atom is 0.271 e. The first-order valence-electron chi connectivity index (χ1n) is 7.39. The van der Waals surface area contributed by atoms with Crippen molar-refractivity contribution in [3.8, 4) is 0 Å². The number of hydrogen-bond donors (Lipinski definition) is 1. The monoisotopic (exact) mass is 381 g/mol. The minimum atomic E-state index is -3.79. The molecule has 2 aromatic rings. The standard InChI is InChI=1S/C16H16FN3O5S/c1-26(24,25)19(10-12-5-2-3-8-15(12)17)11-16(21)18-13-6-4-7-14(9-13)20(22)23/h2-9H,10-11H2,1H3,(H,18,21). The van der Waals surface area contributed by atoms with E-state index in [4.69, 9.17) is 0 Å². The zero-order chi connectivity index (χ0) is 19.3. The Labute approximate surface area is 149 Å². The van der Waals surface area contributed by atoms with Gasteiger partial charge in [0.25, 0.3) is 5.69 Å². The third-order valence-corrected chi connectivity index (χ3v) is 4.63. The van der Waals surface area contributed by atoms with E-state index in [1.54, 1.807) is 6.07 Å². The Hall–Kier alpha value is -2.85. The number of sulfonamides is 1. The number of non-ortho nitro benzene ring substituents is 1. The van der Waals surface area contributed by atoms with Crippen molar-refractivity contribution in [3.63, 3.8) is 0 Å². The Bertz CT molecular complexity index is 933. The van der Waals surface area contributed by atoms with Crippen LogP contribution in [0.1, 0.15) is 5.56 Å². The second-order valence-corrected chi connectivity index (χ2v) is 7.46. The molecule has 0 aliphatic carbocycles. The maximum absolute atomic E-state index is 13.8. The Balaban J connectivity index is 2.13. The largest absolute Gasteiger partial charge is 0.325 e. The Morgan fingerprint density at radius 1 is 1.23 bits per heavy atom. The van der Waals surface area contributed by atoms with E-state index in [0.29, 0.717) is 0 Å². The van der Waals surface area contributed by atoms with Gasteiger partial charge in [0.15, 0.2) is 0 Å². The van der Waals surface area contributed by atoms with Gasteiger partial charge < -0.3 is 5.32 Å². The van der Waals surface area contributed by atoms with Crippen LogP contribution in [0.2, 0.25) is 0 Å². The average molecular weight is 381 g/mol. The van der Waals surface area contributed by atoms with E-state index in [2.05, 4.69) is 5.32 Å². The van der Waals surface area contributed by atoms with Crippen molar-refractivity contribution in [2.24, 2.45) is 0 Å². The molecule has 138 valence electrons. The van der Waals surface area contributed by atoms with E-state index >= 15 is 0 Å². The summed E-state index contributed by atoms with van der Waals surface area (Å²) in [6, 6.07) is 10.9. The third-order valence-electron chi connectivity index (χ3n) is 3.43. The van der Waals surface area contributed by atoms with E-state index < -0.39 is 33.2 Å². The van der Waals surface area contributed by atoms with Crippen molar-refractivity contribution in [1.82, 2.24) is 4.31 Å². The van der Waals surface area contributed by atoms with Crippen molar-refractivity contribution in [2.75, 3.05) is 18.1 Å². The number of nitro benzene ring substituents is 1. The number of amides is 1. The minimum Gasteiger partial charge on any atom is -0.325 e. The average Bonchev–Trinajstić information content (AvgIpc) is 2.55. The summed E-state index contributed by atoms with van der Waals surface area (Å²) in [4.78, 5) is 22.3. The quantitative estimate of drug-likeness (QED) is 0.584. The van der Waals surface area contributed by atoms with Crippen molar-refractivity contribution in [1.29, 1.82) is 0 Å². The number of halogens is 1. The highest BCUT2D eigenvalue weighted by atomic mass is 32.2. The van der Waals surface area contributed by atoms with Gasteiger partial charge in [-0.1, -0.05) is 24.3 Å². The van der Waals surface area contributed by atoms with Crippen LogP contribution in [0, 0.1) is 15.9 Å². The Morgan fingerprint density at radius 3 is 2.54 bits per heavy atom. The molecule has 26 heavy (non-hydrogen) atoms. The summed E-state index contributed by atoms with van der Waals surface area (Å²) in [5.74, 6) is -1.28. The highest BCUT2D eigenvalue weighted by molar-refractivity contribution is 7.88. The molecule has 1 amide bonds. The molecule has 0 aliphatic heterocycles. The minimum absolute atomic E-state index is 0.126. The summed E-state index contributed by atoms with van der Waals surface area (Å²) >= 11 is 0. The lowest BCUT2D eigenvalue weighted by molar-refractivity contribution is -0.384. The van der Waals surface area contributed by atoms with E-state index in [1.807, 2.05) is 0 Å². The molecule has 2 rings (SSSR count). The molecule has 0 heterocycles. The number of carbonyl (C=O) groups excluding carboxylic acids is 1. The molecule has 0 atom stereocenters. The van der Waals surface area contributed by atoms with Crippen LogP contribution in [-0.4, -0.2) is 36.4 Å². The number of nitro groups is 1. The fourth-order valence-corrected chi connectivity index (χ4v) is 2.89. The van der Waals surface area contributed by atoms with Gasteiger partial charge in [-0.15, -0.1) is 0 Å². The number of carbonyl (C=O) groups is 1. The Kier molecular flexibility index (Phi) is 6.01. The molecule has 0 aliphatic rings. The van der Waals surface area contributed by atoms with Gasteiger partial charge in [-0.05, 0) is 12.1 Å². The van der Waals surface area contributed by atoms with Gasteiger partial charge in [0.2, 0.25) is 15.9 Å². The van der Waals surface area contributed by atoms with Crippen LogP contribution < -0.4 is 5.32 Å². The SMILES string of the molecule is CS(=O)(=O)N(CC(=O)Nc1cccc([N+](=O)[O-])c1)Cc1ccccc1F. The number of benzene rings is 2. The molecule has 0 spiro atoms. The van der Waals surface area contributed by atoms with E-state index in [9.17, 15) is 27.7 Å². The maximum atomic E-state index is 13.8. The third kappa shape index (κ3) is 5.33. The molecular weight excluding hydrogens is 365 g/mol. The number of hydrogen-bond acceptors (Lipinski definition) is 5. The first-order chi connectivity index (χ1) is 12.2. The summed E-state index contributed by atoms with van der Waals surface area (Å²) in [6.45, 7) is -0.871. The number of rotatable bonds is 7. The number of anilines is 1. The van der Waals surface area contributed by atoms with Crippen molar-refractivity contribution >= 4 is 27.3 Å². The zero-order valence-electron chi connectivity index (χ0n) is 13.8. The van der Waals surface area contributed by atoms with Crippen LogP contribution >= 0.6 is 0 Å². The van der Waals surface area contributed by atoms with E-state index in [1.165, 1.54) is 36.4 Å².